The van der Waals surface area contributed by atoms with Crippen LogP contribution in [-0.2, 0) is 22.4 Å². The number of carbonyl (C=O) groups is 2. The van der Waals surface area contributed by atoms with Gasteiger partial charge in [-0.05, 0) is 56.3 Å². The number of anilines is 1. The van der Waals surface area contributed by atoms with Gasteiger partial charge in [-0.1, -0.05) is 12.1 Å². The van der Waals surface area contributed by atoms with E-state index in [1.165, 1.54) is 0 Å². The number of likely N-dealkylation sites (tertiary alicyclic amines) is 1. The molecule has 0 aromatic heterocycles. The third-order valence-corrected chi connectivity index (χ3v) is 5.39. The van der Waals surface area contributed by atoms with E-state index < -0.39 is 24.1 Å². The highest BCUT2D eigenvalue weighted by Gasteiger charge is 2.46. The van der Waals surface area contributed by atoms with Crippen molar-refractivity contribution in [3.05, 3.63) is 29.3 Å². The van der Waals surface area contributed by atoms with Gasteiger partial charge in [0.25, 0.3) is 0 Å². The van der Waals surface area contributed by atoms with Crippen LogP contribution in [0.2, 0.25) is 0 Å². The smallest absolute Gasteiger partial charge is 0.471 e. The third kappa shape index (κ3) is 4.26. The lowest BCUT2D eigenvalue weighted by molar-refractivity contribution is -0.170. The zero-order valence-corrected chi connectivity index (χ0v) is 15.1. The zero-order chi connectivity index (χ0) is 19.8. The molecule has 148 valence electrons. The summed E-state index contributed by atoms with van der Waals surface area (Å²) in [5.74, 6) is -2.92. The van der Waals surface area contributed by atoms with Crippen LogP contribution in [-0.4, -0.2) is 53.7 Å². The Kier molecular flexibility index (Phi) is 5.46. The first-order valence-electron chi connectivity index (χ1n) is 9.14. The molecule has 1 aromatic carbocycles. The molecule has 1 saturated heterocycles. The number of carbonyl (C=O) groups excluding carboxylic acids is 1. The Morgan fingerprint density at radius 2 is 2.04 bits per heavy atom. The van der Waals surface area contributed by atoms with Crippen molar-refractivity contribution in [2.24, 2.45) is 5.92 Å². The Morgan fingerprint density at radius 3 is 2.70 bits per heavy atom. The summed E-state index contributed by atoms with van der Waals surface area (Å²) in [6.07, 6.45) is -2.24. The Balaban J connectivity index is 1.66. The van der Waals surface area contributed by atoms with Crippen molar-refractivity contribution >= 4 is 17.6 Å². The molecule has 0 radical (unpaired) electrons. The lowest BCUT2D eigenvalue weighted by atomic mass is 9.97. The van der Waals surface area contributed by atoms with E-state index in [2.05, 4.69) is 4.90 Å². The van der Waals surface area contributed by atoms with Crippen molar-refractivity contribution in [1.29, 1.82) is 0 Å². The number of hydrogen-bond donors (Lipinski definition) is 1. The number of alkyl halides is 3. The van der Waals surface area contributed by atoms with Crippen LogP contribution in [0.15, 0.2) is 18.2 Å². The van der Waals surface area contributed by atoms with E-state index in [0.29, 0.717) is 38.0 Å². The number of carboxylic acids is 1. The van der Waals surface area contributed by atoms with E-state index >= 15 is 0 Å². The van der Waals surface area contributed by atoms with Gasteiger partial charge >= 0.3 is 18.1 Å². The molecule has 8 heteroatoms. The molecule has 0 aliphatic carbocycles. The van der Waals surface area contributed by atoms with Crippen LogP contribution in [0.5, 0.6) is 0 Å². The normalized spacial score (nSPS) is 23.3. The van der Waals surface area contributed by atoms with E-state index in [9.17, 15) is 22.8 Å². The van der Waals surface area contributed by atoms with Gasteiger partial charge in [-0.15, -0.1) is 0 Å². The molecule has 27 heavy (non-hydrogen) atoms. The van der Waals surface area contributed by atoms with E-state index in [0.717, 1.165) is 29.0 Å². The van der Waals surface area contributed by atoms with Crippen LogP contribution in [0.1, 0.15) is 30.9 Å². The molecule has 2 atom stereocenters. The first-order valence-corrected chi connectivity index (χ1v) is 9.14. The Labute approximate surface area is 155 Å². The van der Waals surface area contributed by atoms with Crippen LogP contribution >= 0.6 is 0 Å². The van der Waals surface area contributed by atoms with Crippen molar-refractivity contribution in [3.8, 4) is 0 Å². The Morgan fingerprint density at radius 1 is 1.30 bits per heavy atom. The lowest BCUT2D eigenvalue weighted by Crippen LogP contribution is -2.44. The lowest BCUT2D eigenvalue weighted by Gasteiger charge is -2.30. The van der Waals surface area contributed by atoms with Crippen LogP contribution in [0.3, 0.4) is 0 Å². The molecule has 1 amide bonds. The highest BCUT2D eigenvalue weighted by atomic mass is 19.4. The molecule has 2 unspecified atom stereocenters. The first-order chi connectivity index (χ1) is 12.7. The molecule has 1 aromatic rings. The molecule has 2 aliphatic heterocycles. The summed E-state index contributed by atoms with van der Waals surface area (Å²) in [4.78, 5) is 25.8. The maximum Gasteiger partial charge on any atom is 0.471 e. The van der Waals surface area contributed by atoms with Gasteiger partial charge in [-0.2, -0.15) is 13.2 Å². The van der Waals surface area contributed by atoms with Gasteiger partial charge in [0.2, 0.25) is 0 Å². The van der Waals surface area contributed by atoms with Crippen LogP contribution in [0.25, 0.3) is 0 Å². The summed E-state index contributed by atoms with van der Waals surface area (Å²) in [5, 5.41) is 9.16. The number of hydrogen-bond acceptors (Lipinski definition) is 3. The summed E-state index contributed by atoms with van der Waals surface area (Å²) >= 11 is 0. The summed E-state index contributed by atoms with van der Waals surface area (Å²) in [6, 6.07) is 4.69. The molecule has 2 aliphatic rings. The third-order valence-electron chi connectivity index (χ3n) is 5.39. The standard InChI is InChI=1S/C19H23F3N2O3/c1-12-9-15-10-13(4-5-16(15)24(12)18(27)19(20,21)22)6-8-23-7-2-3-14(11-23)17(25)26/h4-5,10,12,14H,2-3,6-9,11H2,1H3,(H,25,26). The highest BCUT2D eigenvalue weighted by molar-refractivity contribution is 5.99. The quantitative estimate of drug-likeness (QED) is 0.867. The van der Waals surface area contributed by atoms with Crippen molar-refractivity contribution < 1.29 is 27.9 Å². The molecule has 2 heterocycles. The molecular weight excluding hydrogens is 361 g/mol. The minimum Gasteiger partial charge on any atom is -0.481 e. The van der Waals surface area contributed by atoms with Crippen LogP contribution < -0.4 is 4.90 Å². The van der Waals surface area contributed by atoms with Crippen LogP contribution in [0.4, 0.5) is 18.9 Å². The summed E-state index contributed by atoms with van der Waals surface area (Å²) in [5.41, 5.74) is 2.07. The number of amides is 1. The average molecular weight is 384 g/mol. The molecule has 0 spiro atoms. The van der Waals surface area contributed by atoms with Gasteiger partial charge in [-0.3, -0.25) is 9.59 Å². The number of nitrogens with zero attached hydrogens (tertiary/aromatic N) is 2. The average Bonchev–Trinajstić information content (AvgIpc) is 2.93. The van der Waals surface area contributed by atoms with Gasteiger partial charge in [-0.25, -0.2) is 0 Å². The van der Waals surface area contributed by atoms with Crippen molar-refractivity contribution in [2.45, 2.75) is 44.8 Å². The number of fused-ring (bicyclic) bond motifs is 1. The monoisotopic (exact) mass is 384 g/mol. The fourth-order valence-corrected chi connectivity index (χ4v) is 4.03. The highest BCUT2D eigenvalue weighted by Crippen LogP contribution is 2.36. The second-order valence-electron chi connectivity index (χ2n) is 7.42. The number of carboxylic acid groups (broad SMARTS) is 1. The predicted octanol–water partition coefficient (Wildman–Crippen LogP) is 2.87. The van der Waals surface area contributed by atoms with E-state index in [4.69, 9.17) is 5.11 Å². The molecule has 1 N–H and O–H groups in total. The number of benzene rings is 1. The van der Waals surface area contributed by atoms with Crippen LogP contribution in [0, 0.1) is 5.92 Å². The topological polar surface area (TPSA) is 60.9 Å². The molecule has 5 nitrogen and oxygen atoms in total. The molecule has 1 fully saturated rings. The van der Waals surface area contributed by atoms with E-state index in [1.54, 1.807) is 19.1 Å². The number of aliphatic carboxylic acids is 1. The second kappa shape index (κ2) is 7.50. The van der Waals surface area contributed by atoms with Crippen molar-refractivity contribution in [3.63, 3.8) is 0 Å². The summed E-state index contributed by atoms with van der Waals surface area (Å²) in [6.45, 7) is 3.72. The largest absolute Gasteiger partial charge is 0.481 e. The van der Waals surface area contributed by atoms with E-state index in [1.807, 2.05) is 6.07 Å². The maximum absolute atomic E-state index is 12.8. The SMILES string of the molecule is CC1Cc2cc(CCN3CCCC(C(=O)O)C3)ccc2N1C(=O)C(F)(F)F. The molecule has 3 rings (SSSR count). The number of rotatable bonds is 4. The fraction of sp³-hybridized carbons (Fsp3) is 0.579. The molecular formula is C19H23F3N2O3. The second-order valence-corrected chi connectivity index (χ2v) is 7.42. The van der Waals surface area contributed by atoms with Crippen molar-refractivity contribution in [2.75, 3.05) is 24.5 Å². The summed E-state index contributed by atoms with van der Waals surface area (Å²) < 4.78 is 38.5. The predicted molar refractivity (Wildman–Crippen MR) is 93.7 cm³/mol. The molecule has 0 saturated carbocycles. The van der Waals surface area contributed by atoms with Gasteiger partial charge in [0.15, 0.2) is 0 Å². The van der Waals surface area contributed by atoms with E-state index in [-0.39, 0.29) is 5.92 Å². The van der Waals surface area contributed by atoms with Gasteiger partial charge in [0.05, 0.1) is 5.92 Å². The van der Waals surface area contributed by atoms with Gasteiger partial charge in [0.1, 0.15) is 0 Å². The first kappa shape index (κ1) is 19.7. The minimum absolute atomic E-state index is 0.331. The number of halogens is 3. The van der Waals surface area contributed by atoms with Gasteiger partial charge in [0, 0.05) is 24.8 Å². The fourth-order valence-electron chi connectivity index (χ4n) is 4.03. The minimum atomic E-state index is -4.89. The maximum atomic E-state index is 12.8. The zero-order valence-electron chi connectivity index (χ0n) is 15.1. The Bertz CT molecular complexity index is 735. The number of piperidine rings is 1. The molecule has 0 bridgehead atoms. The van der Waals surface area contributed by atoms with Crippen molar-refractivity contribution in [1.82, 2.24) is 4.90 Å². The van der Waals surface area contributed by atoms with Gasteiger partial charge < -0.3 is 14.9 Å². The summed E-state index contributed by atoms with van der Waals surface area (Å²) in [7, 11) is 0. The Hall–Kier alpha value is -2.09.